The maximum Gasteiger partial charge on any atom is 0.279 e. The van der Waals surface area contributed by atoms with Crippen LogP contribution in [0, 0.1) is 11.3 Å². The molecule has 0 aromatic heterocycles. The number of rotatable bonds is 4. The fourth-order valence-electron chi connectivity index (χ4n) is 1.68. The summed E-state index contributed by atoms with van der Waals surface area (Å²) in [4.78, 5) is 11.1. The molecule has 17 heavy (non-hydrogen) atoms. The molecule has 1 saturated heterocycles. The minimum absolute atomic E-state index is 0.0447. The lowest BCUT2D eigenvalue weighted by atomic mass is 10.1. The third kappa shape index (κ3) is 3.22. The smallest absolute Gasteiger partial charge is 0.279 e. The van der Waals surface area contributed by atoms with Gasteiger partial charge in [-0.15, -0.1) is 0 Å². The van der Waals surface area contributed by atoms with Crippen molar-refractivity contribution in [2.24, 2.45) is 0 Å². The van der Waals surface area contributed by atoms with Crippen LogP contribution >= 0.6 is 11.8 Å². The number of thioether (sulfide) groups is 1. The maximum absolute atomic E-state index is 11.1. The van der Waals surface area contributed by atoms with Crippen molar-refractivity contribution in [3.8, 4) is 6.07 Å². The topological polar surface area (TPSA) is 64.9 Å². The van der Waals surface area contributed by atoms with Crippen LogP contribution in [-0.2, 0) is 6.54 Å². The molecular weight excluding hydrogens is 234 g/mol. The van der Waals surface area contributed by atoms with E-state index in [1.54, 1.807) is 0 Å². The highest BCUT2D eigenvalue weighted by Crippen LogP contribution is 2.15. The van der Waals surface area contributed by atoms with Gasteiger partial charge in [-0.2, -0.15) is 5.26 Å². The molecule has 1 aromatic carbocycles. The van der Waals surface area contributed by atoms with Crippen molar-refractivity contribution >= 4 is 17.0 Å². The maximum atomic E-state index is 11.1. The molecule has 2 rings (SSSR count). The van der Waals surface area contributed by atoms with Crippen molar-refractivity contribution in [2.45, 2.75) is 18.6 Å². The summed E-state index contributed by atoms with van der Waals surface area (Å²) in [5, 5.41) is 15.0. The zero-order valence-electron chi connectivity index (χ0n) is 9.22. The van der Waals surface area contributed by atoms with Crippen LogP contribution in [0.2, 0.25) is 0 Å². The molecule has 1 fully saturated rings. The quantitative estimate of drug-likeness (QED) is 0.846. The Hall–Kier alpha value is -1.51. The van der Waals surface area contributed by atoms with Crippen molar-refractivity contribution < 1.29 is 4.79 Å². The highest BCUT2D eigenvalue weighted by molar-refractivity contribution is 8.13. The van der Waals surface area contributed by atoms with Crippen LogP contribution in [0.4, 0.5) is 4.79 Å². The molecule has 1 aromatic rings. The molecule has 0 spiro atoms. The van der Waals surface area contributed by atoms with Crippen LogP contribution in [0.1, 0.15) is 5.56 Å². The summed E-state index contributed by atoms with van der Waals surface area (Å²) in [5.41, 5.74) is 1.13. The summed E-state index contributed by atoms with van der Waals surface area (Å²) in [5.74, 6) is 0.652. The van der Waals surface area contributed by atoms with Crippen molar-refractivity contribution in [2.75, 3.05) is 5.75 Å². The number of nitriles is 1. The van der Waals surface area contributed by atoms with Gasteiger partial charge in [0.15, 0.2) is 0 Å². The minimum Gasteiger partial charge on any atom is -0.341 e. The Balaban J connectivity index is 1.88. The number of carbonyl (C=O) groups is 1. The van der Waals surface area contributed by atoms with E-state index in [0.717, 1.165) is 5.56 Å². The molecule has 2 N–H and O–H groups in total. The average Bonchev–Trinajstić information content (AvgIpc) is 2.78. The van der Waals surface area contributed by atoms with E-state index in [1.807, 2.05) is 30.3 Å². The normalized spacial score (nSPS) is 20.6. The van der Waals surface area contributed by atoms with E-state index in [-0.39, 0.29) is 17.3 Å². The molecule has 4 nitrogen and oxygen atoms in total. The Morgan fingerprint density at radius 1 is 1.53 bits per heavy atom. The van der Waals surface area contributed by atoms with Crippen molar-refractivity contribution in [3.05, 3.63) is 35.9 Å². The fraction of sp³-hybridized carbons (Fsp3) is 0.333. The monoisotopic (exact) mass is 247 g/mol. The fourth-order valence-corrected chi connectivity index (χ4v) is 2.52. The summed E-state index contributed by atoms with van der Waals surface area (Å²) < 4.78 is 0. The number of carbonyl (C=O) groups excluding carboxylic acids is 1. The first-order valence-corrected chi connectivity index (χ1v) is 6.38. The lowest BCUT2D eigenvalue weighted by molar-refractivity contribution is 0.259. The zero-order chi connectivity index (χ0) is 12.1. The second-order valence-corrected chi connectivity index (χ2v) is 4.82. The van der Waals surface area contributed by atoms with Crippen LogP contribution in [0.3, 0.4) is 0 Å². The van der Waals surface area contributed by atoms with Gasteiger partial charge < -0.3 is 5.32 Å². The molecule has 1 amide bonds. The molecule has 0 aliphatic carbocycles. The van der Waals surface area contributed by atoms with Gasteiger partial charge in [-0.05, 0) is 5.56 Å². The highest BCUT2D eigenvalue weighted by atomic mass is 32.2. The lowest BCUT2D eigenvalue weighted by Crippen LogP contribution is -2.45. The summed E-state index contributed by atoms with van der Waals surface area (Å²) >= 11 is 1.23. The highest BCUT2D eigenvalue weighted by Gasteiger charge is 2.29. The van der Waals surface area contributed by atoms with Crippen molar-refractivity contribution in [1.82, 2.24) is 10.6 Å². The van der Waals surface area contributed by atoms with Gasteiger partial charge >= 0.3 is 0 Å². The van der Waals surface area contributed by atoms with E-state index in [0.29, 0.717) is 12.3 Å². The molecule has 2 atom stereocenters. The van der Waals surface area contributed by atoms with Gasteiger partial charge in [0.1, 0.15) is 6.04 Å². The van der Waals surface area contributed by atoms with Gasteiger partial charge in [-0.1, -0.05) is 42.1 Å². The number of nitrogens with zero attached hydrogens (tertiary/aromatic N) is 1. The lowest BCUT2D eigenvalue weighted by Gasteiger charge is -2.17. The second-order valence-electron chi connectivity index (χ2n) is 3.82. The van der Waals surface area contributed by atoms with Gasteiger partial charge in [0.2, 0.25) is 0 Å². The van der Waals surface area contributed by atoms with Crippen LogP contribution in [0.25, 0.3) is 0 Å². The molecule has 0 radical (unpaired) electrons. The van der Waals surface area contributed by atoms with Gasteiger partial charge in [-0.3, -0.25) is 10.1 Å². The predicted octanol–water partition coefficient (Wildman–Crippen LogP) is 1.49. The van der Waals surface area contributed by atoms with Crippen LogP contribution in [0.5, 0.6) is 0 Å². The van der Waals surface area contributed by atoms with Gasteiger partial charge in [0, 0.05) is 12.3 Å². The van der Waals surface area contributed by atoms with E-state index in [4.69, 9.17) is 5.26 Å². The molecule has 2 unspecified atom stereocenters. The zero-order valence-corrected chi connectivity index (χ0v) is 10.0. The van der Waals surface area contributed by atoms with E-state index in [2.05, 4.69) is 16.7 Å². The number of benzene rings is 1. The summed E-state index contributed by atoms with van der Waals surface area (Å²) in [7, 11) is 0. The molecule has 0 bridgehead atoms. The van der Waals surface area contributed by atoms with Crippen molar-refractivity contribution in [1.29, 1.82) is 5.26 Å². The molecule has 1 aliphatic heterocycles. The standard InChI is InChI=1S/C12H13N3OS/c13-6-10(11-8-17-12(16)15-11)14-7-9-4-2-1-3-5-9/h1-5,10-11,14H,7-8H2,(H,15,16). The Morgan fingerprint density at radius 3 is 2.88 bits per heavy atom. The van der Waals surface area contributed by atoms with Crippen molar-refractivity contribution in [3.63, 3.8) is 0 Å². The first kappa shape index (κ1) is 12.0. The Labute approximate surface area is 104 Å². The predicted molar refractivity (Wildman–Crippen MR) is 67.5 cm³/mol. The summed E-state index contributed by atoms with van der Waals surface area (Å²) in [6.07, 6.45) is 0. The summed E-state index contributed by atoms with van der Waals surface area (Å²) in [6.45, 7) is 0.635. The second kappa shape index (κ2) is 5.71. The van der Waals surface area contributed by atoms with E-state index >= 15 is 0 Å². The van der Waals surface area contributed by atoms with Gasteiger partial charge in [0.25, 0.3) is 5.24 Å². The average molecular weight is 247 g/mol. The molecule has 1 aliphatic rings. The van der Waals surface area contributed by atoms with Crippen LogP contribution in [-0.4, -0.2) is 23.1 Å². The Bertz CT molecular complexity index is 429. The van der Waals surface area contributed by atoms with E-state index in [1.165, 1.54) is 11.8 Å². The van der Waals surface area contributed by atoms with Gasteiger partial charge in [0.05, 0.1) is 12.1 Å². The minimum atomic E-state index is -0.339. The molecular formula is C12H13N3OS. The summed E-state index contributed by atoms with van der Waals surface area (Å²) in [6, 6.07) is 11.7. The number of hydrogen-bond acceptors (Lipinski definition) is 4. The molecule has 5 heteroatoms. The Morgan fingerprint density at radius 2 is 2.29 bits per heavy atom. The van der Waals surface area contributed by atoms with Crippen LogP contribution in [0.15, 0.2) is 30.3 Å². The first-order valence-electron chi connectivity index (χ1n) is 5.40. The number of amides is 1. The van der Waals surface area contributed by atoms with E-state index < -0.39 is 0 Å². The van der Waals surface area contributed by atoms with E-state index in [9.17, 15) is 4.79 Å². The molecule has 0 saturated carbocycles. The molecule has 1 heterocycles. The largest absolute Gasteiger partial charge is 0.341 e. The third-order valence-electron chi connectivity index (χ3n) is 2.61. The molecule has 88 valence electrons. The number of nitrogens with one attached hydrogen (secondary N) is 2. The van der Waals surface area contributed by atoms with Crippen LogP contribution < -0.4 is 10.6 Å². The SMILES string of the molecule is N#CC(NCc1ccccc1)C1CSC(=O)N1. The van der Waals surface area contributed by atoms with Gasteiger partial charge in [-0.25, -0.2) is 0 Å². The number of hydrogen-bond donors (Lipinski definition) is 2. The third-order valence-corrected chi connectivity index (χ3v) is 3.51. The Kier molecular flexibility index (Phi) is 4.02. The first-order chi connectivity index (χ1) is 8.29.